The summed E-state index contributed by atoms with van der Waals surface area (Å²) in [5.74, 6) is 0.454. The van der Waals surface area contributed by atoms with Gasteiger partial charge in [0, 0.05) is 61.2 Å². The summed E-state index contributed by atoms with van der Waals surface area (Å²) in [5, 5.41) is 13.3. The molecule has 1 saturated heterocycles. The lowest BCUT2D eigenvalue weighted by Crippen LogP contribution is -2.46. The van der Waals surface area contributed by atoms with Gasteiger partial charge in [-0.3, -0.25) is 9.69 Å². The fraction of sp³-hybridized carbons (Fsp3) is 0.355. The standard InChI is InChI=1S/C31H33N7O2/c32-20-22-4-11-28-27(19-22)23(21-34-28)3-1-2-14-37-15-17-38(18-16-37)25-7-9-26(10-8-25)40-31-33-13-12-29(36-31)30(39)35-24-5-6-24/h4,7-13,19,21,24,34H,1-3,5-6,14-18H2,(H,35,39). The molecule has 1 amide bonds. The number of carbonyl (C=O) groups is 1. The Kier molecular flexibility index (Phi) is 7.60. The molecule has 2 aromatic heterocycles. The number of amides is 1. The number of hydrogen-bond donors (Lipinski definition) is 2. The van der Waals surface area contributed by atoms with Crippen LogP contribution >= 0.6 is 0 Å². The maximum Gasteiger partial charge on any atom is 0.322 e. The van der Waals surface area contributed by atoms with Crippen molar-refractivity contribution in [2.75, 3.05) is 37.6 Å². The third-order valence-corrected chi connectivity index (χ3v) is 7.63. The number of aromatic amines is 1. The minimum atomic E-state index is -0.186. The largest absolute Gasteiger partial charge is 0.424 e. The maximum atomic E-state index is 12.3. The second-order valence-corrected chi connectivity index (χ2v) is 10.5. The Morgan fingerprint density at radius 1 is 1.07 bits per heavy atom. The Hall–Kier alpha value is -4.42. The van der Waals surface area contributed by atoms with Crippen LogP contribution in [0, 0.1) is 11.3 Å². The van der Waals surface area contributed by atoms with Crippen LogP contribution in [0.5, 0.6) is 11.8 Å². The number of hydrogen-bond acceptors (Lipinski definition) is 7. The molecule has 1 saturated carbocycles. The Balaban J connectivity index is 0.941. The molecule has 2 fully saturated rings. The number of ether oxygens (including phenoxy) is 1. The van der Waals surface area contributed by atoms with Crippen LogP contribution in [0.25, 0.3) is 10.9 Å². The summed E-state index contributed by atoms with van der Waals surface area (Å²) in [5.41, 5.74) is 4.59. The van der Waals surface area contributed by atoms with E-state index in [-0.39, 0.29) is 18.0 Å². The third kappa shape index (κ3) is 6.24. The number of piperazine rings is 1. The Morgan fingerprint density at radius 3 is 2.67 bits per heavy atom. The molecule has 2 N–H and O–H groups in total. The van der Waals surface area contributed by atoms with Crippen LogP contribution < -0.4 is 15.0 Å². The van der Waals surface area contributed by atoms with Crippen LogP contribution in [-0.2, 0) is 6.42 Å². The first kappa shape index (κ1) is 25.8. The fourth-order valence-electron chi connectivity index (χ4n) is 5.17. The number of aromatic nitrogens is 3. The SMILES string of the molecule is N#Cc1ccc2[nH]cc(CCCCN3CCN(c4ccc(Oc5nccc(C(=O)NC6CC6)n5)cc4)CC3)c2c1. The van der Waals surface area contributed by atoms with Gasteiger partial charge in [0.15, 0.2) is 0 Å². The van der Waals surface area contributed by atoms with E-state index in [0.717, 1.165) is 70.3 Å². The van der Waals surface area contributed by atoms with Gasteiger partial charge in [-0.05, 0) is 92.7 Å². The summed E-state index contributed by atoms with van der Waals surface area (Å²) in [4.78, 5) is 28.9. The maximum absolute atomic E-state index is 12.3. The molecule has 2 aromatic carbocycles. The highest BCUT2D eigenvalue weighted by molar-refractivity contribution is 5.92. The number of carbonyl (C=O) groups excluding carboxylic acids is 1. The minimum absolute atomic E-state index is 0.168. The molecule has 2 aliphatic rings. The van der Waals surface area contributed by atoms with Crippen molar-refractivity contribution in [2.45, 2.75) is 38.1 Å². The average Bonchev–Trinajstić information content (AvgIpc) is 3.73. The topological polar surface area (TPSA) is 110 Å². The zero-order valence-electron chi connectivity index (χ0n) is 22.5. The zero-order valence-corrected chi connectivity index (χ0v) is 22.5. The van der Waals surface area contributed by atoms with Crippen LogP contribution in [0.1, 0.15) is 47.3 Å². The normalized spacial score (nSPS) is 15.6. The summed E-state index contributed by atoms with van der Waals surface area (Å²) in [6, 6.07) is 18.1. The molecular formula is C31H33N7O2. The molecular weight excluding hydrogens is 502 g/mol. The van der Waals surface area contributed by atoms with Crippen LogP contribution in [0.4, 0.5) is 5.69 Å². The number of nitrogens with one attached hydrogen (secondary N) is 2. The number of H-pyrrole nitrogens is 1. The van der Waals surface area contributed by atoms with E-state index in [1.165, 1.54) is 16.6 Å². The predicted molar refractivity (Wildman–Crippen MR) is 154 cm³/mol. The Morgan fingerprint density at radius 2 is 1.90 bits per heavy atom. The number of rotatable bonds is 10. The molecule has 0 radical (unpaired) electrons. The smallest absolute Gasteiger partial charge is 0.322 e. The first-order chi connectivity index (χ1) is 19.6. The van der Waals surface area contributed by atoms with Gasteiger partial charge >= 0.3 is 6.01 Å². The van der Waals surface area contributed by atoms with Crippen molar-refractivity contribution in [2.24, 2.45) is 0 Å². The number of nitrogens with zero attached hydrogens (tertiary/aromatic N) is 5. The molecule has 9 nitrogen and oxygen atoms in total. The van der Waals surface area contributed by atoms with Gasteiger partial charge in [-0.2, -0.15) is 10.2 Å². The molecule has 0 spiro atoms. The zero-order chi connectivity index (χ0) is 27.3. The highest BCUT2D eigenvalue weighted by Crippen LogP contribution is 2.25. The first-order valence-corrected chi connectivity index (χ1v) is 14.0. The van der Waals surface area contributed by atoms with Gasteiger partial charge in [-0.15, -0.1) is 0 Å². The van der Waals surface area contributed by atoms with Crippen LogP contribution in [-0.4, -0.2) is 64.5 Å². The molecule has 1 aliphatic carbocycles. The van der Waals surface area contributed by atoms with Gasteiger partial charge in [0.1, 0.15) is 11.4 Å². The monoisotopic (exact) mass is 535 g/mol. The molecule has 4 aromatic rings. The van der Waals surface area contributed by atoms with Gasteiger partial charge in [-0.25, -0.2) is 4.98 Å². The Bertz CT molecular complexity index is 1510. The summed E-state index contributed by atoms with van der Waals surface area (Å²) in [7, 11) is 0. The Labute approximate surface area is 233 Å². The van der Waals surface area contributed by atoms with Crippen molar-refractivity contribution >= 4 is 22.5 Å². The molecule has 0 unspecified atom stereocenters. The number of unbranched alkanes of at least 4 members (excludes halogenated alkanes) is 1. The molecule has 0 atom stereocenters. The van der Waals surface area contributed by atoms with Crippen LogP contribution in [0.15, 0.2) is 60.9 Å². The van der Waals surface area contributed by atoms with E-state index in [4.69, 9.17) is 4.74 Å². The van der Waals surface area contributed by atoms with Gasteiger partial charge in [-0.1, -0.05) is 0 Å². The highest BCUT2D eigenvalue weighted by Gasteiger charge is 2.24. The van der Waals surface area contributed by atoms with Gasteiger partial charge in [0.05, 0.1) is 11.6 Å². The van der Waals surface area contributed by atoms with Crippen LogP contribution in [0.3, 0.4) is 0 Å². The van der Waals surface area contributed by atoms with Gasteiger partial charge < -0.3 is 19.9 Å². The molecule has 9 heteroatoms. The highest BCUT2D eigenvalue weighted by atomic mass is 16.5. The number of benzene rings is 2. The van der Waals surface area contributed by atoms with Crippen molar-refractivity contribution in [1.82, 2.24) is 25.2 Å². The van der Waals surface area contributed by atoms with Crippen molar-refractivity contribution < 1.29 is 9.53 Å². The van der Waals surface area contributed by atoms with Crippen LogP contribution in [0.2, 0.25) is 0 Å². The van der Waals surface area contributed by atoms with E-state index in [0.29, 0.717) is 17.0 Å². The molecule has 3 heterocycles. The molecule has 204 valence electrons. The summed E-state index contributed by atoms with van der Waals surface area (Å²) in [6.07, 6.45) is 8.99. The van der Waals surface area contributed by atoms with Crippen molar-refractivity contribution in [3.05, 3.63) is 77.7 Å². The number of aryl methyl sites for hydroxylation is 1. The quantitative estimate of drug-likeness (QED) is 0.284. The third-order valence-electron chi connectivity index (χ3n) is 7.63. The van der Waals surface area contributed by atoms with E-state index in [9.17, 15) is 10.1 Å². The summed E-state index contributed by atoms with van der Waals surface area (Å²) >= 11 is 0. The van der Waals surface area contributed by atoms with E-state index >= 15 is 0 Å². The number of nitriles is 1. The van der Waals surface area contributed by atoms with Crippen molar-refractivity contribution in [3.8, 4) is 17.8 Å². The summed E-state index contributed by atoms with van der Waals surface area (Å²) in [6.45, 7) is 5.16. The molecule has 6 rings (SSSR count). The van der Waals surface area contributed by atoms with E-state index in [1.54, 1.807) is 12.3 Å². The van der Waals surface area contributed by atoms with Crippen molar-refractivity contribution in [3.63, 3.8) is 0 Å². The molecule has 40 heavy (non-hydrogen) atoms. The lowest BCUT2D eigenvalue weighted by atomic mass is 10.1. The second-order valence-electron chi connectivity index (χ2n) is 10.5. The molecule has 1 aliphatic heterocycles. The van der Waals surface area contributed by atoms with E-state index in [1.807, 2.05) is 30.3 Å². The predicted octanol–water partition coefficient (Wildman–Crippen LogP) is 4.66. The lowest BCUT2D eigenvalue weighted by Gasteiger charge is -2.36. The minimum Gasteiger partial charge on any atom is -0.424 e. The lowest BCUT2D eigenvalue weighted by molar-refractivity contribution is 0.0945. The fourth-order valence-corrected chi connectivity index (χ4v) is 5.17. The summed E-state index contributed by atoms with van der Waals surface area (Å²) < 4.78 is 5.82. The van der Waals surface area contributed by atoms with Gasteiger partial charge in [0.2, 0.25) is 0 Å². The second kappa shape index (κ2) is 11.8. The average molecular weight is 536 g/mol. The number of anilines is 1. The van der Waals surface area contributed by atoms with E-state index < -0.39 is 0 Å². The number of fused-ring (bicyclic) bond motifs is 1. The van der Waals surface area contributed by atoms with Crippen molar-refractivity contribution in [1.29, 1.82) is 5.26 Å². The van der Waals surface area contributed by atoms with Gasteiger partial charge in [0.25, 0.3) is 5.91 Å². The first-order valence-electron chi connectivity index (χ1n) is 14.0. The molecule has 0 bridgehead atoms. The van der Waals surface area contributed by atoms with E-state index in [2.05, 4.69) is 54.5 Å².